The summed E-state index contributed by atoms with van der Waals surface area (Å²) in [5.41, 5.74) is -0.696. The van der Waals surface area contributed by atoms with Gasteiger partial charge in [0.1, 0.15) is 23.2 Å². The first-order valence-corrected chi connectivity index (χ1v) is 16.5. The third kappa shape index (κ3) is 6.31. The molecule has 1 aromatic carbocycles. The second-order valence-corrected chi connectivity index (χ2v) is 14.4. The Labute approximate surface area is 273 Å². The third-order valence-corrected chi connectivity index (χ3v) is 9.95. The number of hydrogen-bond acceptors (Lipinski definition) is 7. The topological polar surface area (TPSA) is 163 Å². The van der Waals surface area contributed by atoms with E-state index >= 15 is 0 Å². The van der Waals surface area contributed by atoms with Crippen molar-refractivity contribution >= 4 is 40.8 Å². The number of carbonyl (C=O) groups excluding carboxylic acids is 4. The summed E-state index contributed by atoms with van der Waals surface area (Å²) in [6, 6.07) is 5.52. The van der Waals surface area contributed by atoms with Gasteiger partial charge in [0, 0.05) is 44.4 Å². The van der Waals surface area contributed by atoms with Crippen LogP contribution < -0.4 is 10.6 Å². The average Bonchev–Trinajstić information content (AvgIpc) is 3.25. The van der Waals surface area contributed by atoms with Crippen molar-refractivity contribution in [2.24, 2.45) is 24.8 Å². The maximum absolute atomic E-state index is 14.3. The molecule has 4 aliphatic rings. The molecule has 0 spiro atoms. The highest BCUT2D eigenvalue weighted by Crippen LogP contribution is 2.46. The highest BCUT2D eigenvalue weighted by Gasteiger charge is 2.62. The number of aromatic nitrogens is 2. The van der Waals surface area contributed by atoms with Crippen LogP contribution in [0.4, 0.5) is 4.79 Å². The normalized spacial score (nSPS) is 30.3. The highest BCUT2D eigenvalue weighted by atomic mass is 16.6. The van der Waals surface area contributed by atoms with E-state index in [9.17, 15) is 29.1 Å². The number of para-hydroxylation sites is 2. The molecule has 2 aromatic rings. The van der Waals surface area contributed by atoms with Gasteiger partial charge in [-0.05, 0) is 58.6 Å². The fourth-order valence-electron chi connectivity index (χ4n) is 7.46. The van der Waals surface area contributed by atoms with Crippen LogP contribution in [0, 0.1) is 17.8 Å². The summed E-state index contributed by atoms with van der Waals surface area (Å²) in [6.45, 7) is 5.91. The highest BCUT2D eigenvalue weighted by molar-refractivity contribution is 5.97. The van der Waals surface area contributed by atoms with Gasteiger partial charge in [-0.25, -0.2) is 14.6 Å². The SMILES string of the molecule is Cn1c(C(=O)N2C[C@H]3CN4C(=O)[C@H](NC(=O)OC(C)(C)C)CCCCC/C=C\[C@@H]5C[C@]5(C(=O)O)NC(=O)[C@@H]4[C@H]3C2)nc2ccccc21. The summed E-state index contributed by atoms with van der Waals surface area (Å²) < 4.78 is 7.22. The summed E-state index contributed by atoms with van der Waals surface area (Å²) in [7, 11) is 1.79. The summed E-state index contributed by atoms with van der Waals surface area (Å²) in [5, 5.41) is 15.8. The zero-order chi connectivity index (χ0) is 33.7. The molecule has 1 aliphatic carbocycles. The molecule has 0 radical (unpaired) electrons. The number of alkyl carbamates (subject to hydrolysis) is 1. The van der Waals surface area contributed by atoms with E-state index in [1.54, 1.807) is 37.3 Å². The average molecular weight is 649 g/mol. The molecule has 3 aliphatic heterocycles. The summed E-state index contributed by atoms with van der Waals surface area (Å²) >= 11 is 0. The number of carboxylic acids is 1. The number of carboxylic acid groups (broad SMARTS) is 1. The summed E-state index contributed by atoms with van der Waals surface area (Å²) in [4.78, 5) is 75.3. The molecule has 1 aromatic heterocycles. The van der Waals surface area contributed by atoms with Gasteiger partial charge in [-0.1, -0.05) is 37.1 Å². The standard InChI is InChI=1S/C34H44N6O7/c1-33(2,3)47-32(46)36-24-14-9-7-5-6-8-12-21-16-34(21,31(44)45)37-28(41)26-22-19-39(17-20(22)18-40(26)29(24)42)30(43)27-35-23-13-10-11-15-25(23)38(27)4/h8,10-13,15,20-22,24,26H,5-7,9,14,16-19H2,1-4H3,(H,36,46)(H,37,41)(H,44,45)/b12-8-/t20-,21+,22-,24+,26-,34-/m0/s1. The Bertz CT molecular complexity index is 1630. The Hall–Kier alpha value is -4.42. The van der Waals surface area contributed by atoms with E-state index < -0.39 is 53.0 Å². The molecule has 0 bridgehead atoms. The molecule has 6 rings (SSSR count). The lowest BCUT2D eigenvalue weighted by atomic mass is 9.93. The molecule has 3 fully saturated rings. The quantitative estimate of drug-likeness (QED) is 0.428. The first-order valence-electron chi connectivity index (χ1n) is 16.5. The van der Waals surface area contributed by atoms with E-state index in [1.807, 2.05) is 36.4 Å². The molecule has 6 atom stereocenters. The number of fused-ring (bicyclic) bond motifs is 5. The number of amides is 4. The molecular weight excluding hydrogens is 604 g/mol. The Balaban J connectivity index is 1.29. The number of carbonyl (C=O) groups is 5. The van der Waals surface area contributed by atoms with Gasteiger partial charge in [-0.2, -0.15) is 0 Å². The second-order valence-electron chi connectivity index (χ2n) is 14.4. The zero-order valence-corrected chi connectivity index (χ0v) is 27.4. The number of allylic oxidation sites excluding steroid dienone is 1. The smallest absolute Gasteiger partial charge is 0.408 e. The molecule has 13 heteroatoms. The number of aryl methyl sites for hydroxylation is 1. The molecular formula is C34H44N6O7. The summed E-state index contributed by atoms with van der Waals surface area (Å²) in [5.74, 6) is -3.10. The van der Waals surface area contributed by atoms with Crippen molar-refractivity contribution in [1.29, 1.82) is 0 Å². The molecule has 0 unspecified atom stereocenters. The lowest BCUT2D eigenvalue weighted by molar-refractivity contribution is -0.146. The maximum atomic E-state index is 14.3. The molecule has 4 heterocycles. The molecule has 3 N–H and O–H groups in total. The minimum atomic E-state index is -1.45. The van der Waals surface area contributed by atoms with Gasteiger partial charge in [0.05, 0.1) is 11.0 Å². The van der Waals surface area contributed by atoms with E-state index in [1.165, 1.54) is 4.90 Å². The van der Waals surface area contributed by atoms with Gasteiger partial charge >= 0.3 is 12.1 Å². The number of rotatable bonds is 3. The number of likely N-dealkylation sites (tertiary alicyclic amines) is 1. The molecule has 2 saturated heterocycles. The number of hydrogen-bond donors (Lipinski definition) is 3. The van der Waals surface area contributed by atoms with E-state index in [4.69, 9.17) is 4.74 Å². The molecule has 4 amide bonds. The van der Waals surface area contributed by atoms with E-state index in [2.05, 4.69) is 15.6 Å². The van der Waals surface area contributed by atoms with E-state index in [0.29, 0.717) is 24.9 Å². The van der Waals surface area contributed by atoms with Gasteiger partial charge < -0.3 is 34.8 Å². The lowest BCUT2D eigenvalue weighted by Crippen LogP contribution is -2.58. The van der Waals surface area contributed by atoms with E-state index in [0.717, 1.165) is 24.8 Å². The number of imidazole rings is 1. The predicted molar refractivity (Wildman–Crippen MR) is 171 cm³/mol. The van der Waals surface area contributed by atoms with Crippen LogP contribution in [0.15, 0.2) is 36.4 Å². The number of aliphatic carboxylic acids is 1. The van der Waals surface area contributed by atoms with Crippen LogP contribution in [0.5, 0.6) is 0 Å². The van der Waals surface area contributed by atoms with Crippen LogP contribution in [-0.4, -0.2) is 97.1 Å². The number of ether oxygens (including phenoxy) is 1. The van der Waals surface area contributed by atoms with Crippen LogP contribution in [0.2, 0.25) is 0 Å². The zero-order valence-electron chi connectivity index (χ0n) is 27.4. The van der Waals surface area contributed by atoms with Crippen LogP contribution in [-0.2, 0) is 26.2 Å². The van der Waals surface area contributed by atoms with Gasteiger partial charge in [-0.15, -0.1) is 0 Å². The van der Waals surface area contributed by atoms with Crippen molar-refractivity contribution in [2.75, 3.05) is 19.6 Å². The lowest BCUT2D eigenvalue weighted by Gasteiger charge is -2.32. The molecule has 13 nitrogen and oxygen atoms in total. The Kier molecular flexibility index (Phi) is 8.52. The van der Waals surface area contributed by atoms with Crippen molar-refractivity contribution in [1.82, 2.24) is 30.0 Å². The third-order valence-electron chi connectivity index (χ3n) is 9.95. The first kappa shape index (κ1) is 32.5. The van der Waals surface area contributed by atoms with Crippen molar-refractivity contribution in [3.63, 3.8) is 0 Å². The summed E-state index contributed by atoms with van der Waals surface area (Å²) in [6.07, 6.45) is 6.80. The minimum Gasteiger partial charge on any atom is -0.479 e. The first-order chi connectivity index (χ1) is 22.3. The van der Waals surface area contributed by atoms with Crippen molar-refractivity contribution in [2.45, 2.75) is 82.5 Å². The Morgan fingerprint density at radius 3 is 2.57 bits per heavy atom. The largest absolute Gasteiger partial charge is 0.479 e. The van der Waals surface area contributed by atoms with E-state index in [-0.39, 0.29) is 43.1 Å². The molecule has 1 saturated carbocycles. The van der Waals surface area contributed by atoms with Gasteiger partial charge in [0.2, 0.25) is 11.8 Å². The minimum absolute atomic E-state index is 0.184. The van der Waals surface area contributed by atoms with Crippen molar-refractivity contribution in [3.05, 3.63) is 42.2 Å². The van der Waals surface area contributed by atoms with Crippen LogP contribution in [0.25, 0.3) is 11.0 Å². The maximum Gasteiger partial charge on any atom is 0.408 e. The fourth-order valence-corrected chi connectivity index (χ4v) is 7.46. The number of nitrogens with zero attached hydrogens (tertiary/aromatic N) is 4. The fraction of sp³-hybridized carbons (Fsp3) is 0.588. The van der Waals surface area contributed by atoms with Gasteiger partial charge in [0.15, 0.2) is 5.82 Å². The Morgan fingerprint density at radius 2 is 1.85 bits per heavy atom. The number of nitrogens with one attached hydrogen (secondary N) is 2. The predicted octanol–water partition coefficient (Wildman–Crippen LogP) is 2.85. The van der Waals surface area contributed by atoms with Crippen molar-refractivity contribution < 1.29 is 33.8 Å². The van der Waals surface area contributed by atoms with Crippen LogP contribution in [0.3, 0.4) is 0 Å². The van der Waals surface area contributed by atoms with Gasteiger partial charge in [0.25, 0.3) is 5.91 Å². The van der Waals surface area contributed by atoms with Crippen molar-refractivity contribution in [3.8, 4) is 0 Å². The van der Waals surface area contributed by atoms with Crippen LogP contribution in [0.1, 0.15) is 69.9 Å². The molecule has 47 heavy (non-hydrogen) atoms. The monoisotopic (exact) mass is 648 g/mol. The number of benzene rings is 1. The Morgan fingerprint density at radius 1 is 1.09 bits per heavy atom. The van der Waals surface area contributed by atoms with Gasteiger partial charge in [-0.3, -0.25) is 14.4 Å². The molecule has 252 valence electrons. The van der Waals surface area contributed by atoms with Crippen LogP contribution >= 0.6 is 0 Å². The second kappa shape index (κ2) is 12.3.